The number of nitrogens with one attached hydrogen (secondary N) is 4. The molecule has 1 aromatic rings. The van der Waals surface area contributed by atoms with Crippen LogP contribution < -0.4 is 26.0 Å². The van der Waals surface area contributed by atoms with E-state index in [1.54, 1.807) is 11.0 Å². The molecule has 4 aliphatic heterocycles. The van der Waals surface area contributed by atoms with Crippen LogP contribution in [0.2, 0.25) is 0 Å². The fraction of sp³-hybridized carbons (Fsp3) is 0.690. The minimum absolute atomic E-state index is 0.0127. The highest BCUT2D eigenvalue weighted by Crippen LogP contribution is 2.27. The van der Waals surface area contributed by atoms with E-state index in [4.69, 9.17) is 9.47 Å². The molecule has 0 aliphatic carbocycles. The first-order valence-corrected chi connectivity index (χ1v) is 14.9. The Morgan fingerprint density at radius 3 is 2.65 bits per heavy atom. The molecule has 11 heteroatoms. The third kappa shape index (κ3) is 6.87. The summed E-state index contributed by atoms with van der Waals surface area (Å²) < 4.78 is 12.6. The van der Waals surface area contributed by atoms with Crippen LogP contribution in [0.4, 0.5) is 4.79 Å². The van der Waals surface area contributed by atoms with Crippen LogP contribution in [0.5, 0.6) is 5.75 Å². The molecule has 40 heavy (non-hydrogen) atoms. The molecule has 3 fully saturated rings. The summed E-state index contributed by atoms with van der Waals surface area (Å²) in [6.07, 6.45) is 3.76. The van der Waals surface area contributed by atoms with Gasteiger partial charge in [0.25, 0.3) is 5.91 Å². The summed E-state index contributed by atoms with van der Waals surface area (Å²) in [6.45, 7) is 8.10. The molecule has 0 unspecified atom stereocenters. The van der Waals surface area contributed by atoms with Gasteiger partial charge in [-0.1, -0.05) is 12.1 Å². The molecule has 220 valence electrons. The molecule has 4 atom stereocenters. The van der Waals surface area contributed by atoms with E-state index in [2.05, 4.69) is 26.2 Å². The number of benzene rings is 1. The summed E-state index contributed by atoms with van der Waals surface area (Å²) in [7, 11) is 0. The van der Waals surface area contributed by atoms with Crippen LogP contribution in [-0.4, -0.2) is 110 Å². The summed E-state index contributed by atoms with van der Waals surface area (Å²) >= 11 is 0. The van der Waals surface area contributed by atoms with Gasteiger partial charge in [-0.05, 0) is 64.8 Å². The largest absolute Gasteiger partial charge is 0.493 e. The molecule has 5 rings (SSSR count). The van der Waals surface area contributed by atoms with Gasteiger partial charge in [-0.3, -0.25) is 14.5 Å². The number of rotatable bonds is 3. The van der Waals surface area contributed by atoms with Gasteiger partial charge in [0.15, 0.2) is 0 Å². The first-order valence-electron chi connectivity index (χ1n) is 14.9. The number of piperazine rings is 1. The highest BCUT2D eigenvalue weighted by atomic mass is 16.5. The van der Waals surface area contributed by atoms with Gasteiger partial charge >= 0.3 is 6.03 Å². The second-order valence-corrected chi connectivity index (χ2v) is 11.6. The third-order valence-corrected chi connectivity index (χ3v) is 8.44. The lowest BCUT2D eigenvalue weighted by Crippen LogP contribution is -2.64. The van der Waals surface area contributed by atoms with Crippen molar-refractivity contribution >= 4 is 17.8 Å². The minimum Gasteiger partial charge on any atom is -0.493 e. The lowest BCUT2D eigenvalue weighted by Gasteiger charge is -2.45. The molecule has 0 saturated carbocycles. The molecule has 0 aromatic heterocycles. The summed E-state index contributed by atoms with van der Waals surface area (Å²) in [5.74, 6) is 0.152. The zero-order chi connectivity index (χ0) is 28.1. The van der Waals surface area contributed by atoms with Crippen molar-refractivity contribution in [2.45, 2.75) is 82.3 Å². The average Bonchev–Trinajstić information content (AvgIpc) is 2.96. The zero-order valence-electron chi connectivity index (χ0n) is 23.7. The molecule has 1 aromatic carbocycles. The highest BCUT2D eigenvalue weighted by Gasteiger charge is 2.40. The van der Waals surface area contributed by atoms with Crippen LogP contribution in [0.15, 0.2) is 24.3 Å². The maximum Gasteiger partial charge on any atom is 0.315 e. The number of carbonyl (C=O) groups is 3. The highest BCUT2D eigenvalue weighted by molar-refractivity contribution is 6.00. The van der Waals surface area contributed by atoms with Crippen molar-refractivity contribution in [3.05, 3.63) is 29.8 Å². The van der Waals surface area contributed by atoms with Gasteiger partial charge in [-0.15, -0.1) is 0 Å². The molecule has 4 amide bonds. The Hall–Kier alpha value is -2.89. The van der Waals surface area contributed by atoms with Gasteiger partial charge in [0.05, 0.1) is 30.4 Å². The molecule has 4 aliphatic rings. The second-order valence-electron chi connectivity index (χ2n) is 11.6. The summed E-state index contributed by atoms with van der Waals surface area (Å²) in [4.78, 5) is 44.3. The number of urea groups is 1. The monoisotopic (exact) mass is 556 g/mol. The van der Waals surface area contributed by atoms with Crippen molar-refractivity contribution in [2.75, 3.05) is 45.9 Å². The summed E-state index contributed by atoms with van der Waals surface area (Å²) in [5.41, 5.74) is 0.482. The Labute approximate surface area is 236 Å². The number of piperidine rings is 1. The smallest absolute Gasteiger partial charge is 0.315 e. The van der Waals surface area contributed by atoms with Gasteiger partial charge in [-0.2, -0.15) is 0 Å². The molecule has 3 saturated heterocycles. The average molecular weight is 557 g/mol. The zero-order valence-corrected chi connectivity index (χ0v) is 23.7. The number of nitrogens with zero attached hydrogens (tertiary/aromatic N) is 2. The number of amides is 4. The standard InChI is InChI=1S/C29H44N6O5/c1-19(2)32-29(38)33-23-8-7-21-11-16-39-25-6-4-3-5-22(25)28(37)35-15-14-34(20-9-12-30-13-10-20)18-24(35)27(36)31-17-26(23)40-21/h3-6,19-21,23-24,26,30H,7-18H2,1-2H3,(H,31,36)(H2,32,33,38)/t21-,23+,24-,26+/m0/s1. The van der Waals surface area contributed by atoms with E-state index in [0.29, 0.717) is 43.5 Å². The van der Waals surface area contributed by atoms with Crippen LogP contribution >= 0.6 is 0 Å². The van der Waals surface area contributed by atoms with Gasteiger partial charge in [0.1, 0.15) is 11.8 Å². The van der Waals surface area contributed by atoms with E-state index in [0.717, 1.165) is 45.3 Å². The lowest BCUT2D eigenvalue weighted by molar-refractivity contribution is -0.130. The van der Waals surface area contributed by atoms with E-state index in [-0.39, 0.29) is 48.7 Å². The lowest BCUT2D eigenvalue weighted by atomic mass is 9.96. The molecular weight excluding hydrogens is 512 g/mol. The van der Waals surface area contributed by atoms with E-state index < -0.39 is 6.04 Å². The van der Waals surface area contributed by atoms with E-state index >= 15 is 0 Å². The number of hydrogen-bond acceptors (Lipinski definition) is 7. The van der Waals surface area contributed by atoms with Crippen molar-refractivity contribution in [1.29, 1.82) is 0 Å². The fourth-order valence-electron chi connectivity index (χ4n) is 6.32. The van der Waals surface area contributed by atoms with Crippen LogP contribution in [0, 0.1) is 0 Å². The van der Waals surface area contributed by atoms with Gasteiger partial charge in [0, 0.05) is 44.7 Å². The predicted octanol–water partition coefficient (Wildman–Crippen LogP) is 1.09. The maximum absolute atomic E-state index is 13.9. The number of para-hydroxylation sites is 1. The van der Waals surface area contributed by atoms with E-state index in [1.165, 1.54) is 0 Å². The van der Waals surface area contributed by atoms with Crippen LogP contribution in [0.3, 0.4) is 0 Å². The van der Waals surface area contributed by atoms with Crippen LogP contribution in [-0.2, 0) is 9.53 Å². The molecule has 11 nitrogen and oxygen atoms in total. The van der Waals surface area contributed by atoms with E-state index in [9.17, 15) is 14.4 Å². The topological polar surface area (TPSA) is 124 Å². The van der Waals surface area contributed by atoms with Gasteiger partial charge in [-0.25, -0.2) is 4.79 Å². The van der Waals surface area contributed by atoms with Crippen molar-refractivity contribution < 1.29 is 23.9 Å². The number of fused-ring (bicyclic) bond motifs is 4. The predicted molar refractivity (Wildman–Crippen MR) is 150 cm³/mol. The molecule has 4 heterocycles. The SMILES string of the molecule is CC(C)NC(=O)N[C@@H]1CC[C@H]2CCOc3ccccc3C(=O)N3CCN(C4CCNCC4)C[C@H]3C(=O)NC[C@H]1O2. The number of carbonyl (C=O) groups excluding carboxylic acids is 3. The van der Waals surface area contributed by atoms with Gasteiger partial charge < -0.3 is 35.6 Å². The van der Waals surface area contributed by atoms with E-state index in [1.807, 2.05) is 32.0 Å². The van der Waals surface area contributed by atoms with Crippen molar-refractivity contribution in [3.63, 3.8) is 0 Å². The molecule has 4 N–H and O–H groups in total. The summed E-state index contributed by atoms with van der Waals surface area (Å²) in [5, 5.41) is 12.4. The summed E-state index contributed by atoms with van der Waals surface area (Å²) in [6, 6.07) is 6.59. The van der Waals surface area contributed by atoms with Crippen molar-refractivity contribution in [2.24, 2.45) is 0 Å². The Balaban J connectivity index is 1.38. The Morgan fingerprint density at radius 1 is 1.05 bits per heavy atom. The third-order valence-electron chi connectivity index (χ3n) is 8.44. The van der Waals surface area contributed by atoms with Crippen molar-refractivity contribution in [1.82, 2.24) is 31.1 Å². The molecular formula is C29H44N6O5. The molecule has 2 bridgehead atoms. The van der Waals surface area contributed by atoms with Crippen LogP contribution in [0.25, 0.3) is 0 Å². The molecule has 0 radical (unpaired) electrons. The Morgan fingerprint density at radius 2 is 1.85 bits per heavy atom. The first kappa shape index (κ1) is 28.6. The van der Waals surface area contributed by atoms with Gasteiger partial charge in [0.2, 0.25) is 5.91 Å². The number of hydrogen-bond donors (Lipinski definition) is 4. The number of ether oxygens (including phenoxy) is 2. The Bertz CT molecular complexity index is 1050. The minimum atomic E-state index is -0.637. The molecule has 0 spiro atoms. The van der Waals surface area contributed by atoms with Crippen molar-refractivity contribution in [3.8, 4) is 5.75 Å². The van der Waals surface area contributed by atoms with Crippen LogP contribution in [0.1, 0.15) is 56.3 Å². The second kappa shape index (κ2) is 13.2. The fourth-order valence-corrected chi connectivity index (χ4v) is 6.32. The Kier molecular flexibility index (Phi) is 9.44. The first-order chi connectivity index (χ1) is 19.4. The quantitative estimate of drug-likeness (QED) is 0.439. The normalized spacial score (nSPS) is 28.9. The maximum atomic E-state index is 13.9.